The van der Waals surface area contributed by atoms with Crippen molar-refractivity contribution in [3.63, 3.8) is 0 Å². The molecule has 1 aliphatic carbocycles. The van der Waals surface area contributed by atoms with Crippen molar-refractivity contribution in [1.82, 2.24) is 0 Å². The van der Waals surface area contributed by atoms with Gasteiger partial charge in [0.05, 0.1) is 0 Å². The van der Waals surface area contributed by atoms with Crippen LogP contribution in [0.25, 0.3) is 53.2 Å². The number of thiophene rings is 1. The van der Waals surface area contributed by atoms with Gasteiger partial charge in [0.25, 0.3) is 0 Å². The Kier molecular flexibility index (Phi) is 5.78. The van der Waals surface area contributed by atoms with Gasteiger partial charge in [-0.15, -0.1) is 11.3 Å². The molecule has 0 atom stereocenters. The van der Waals surface area contributed by atoms with Gasteiger partial charge in [-0.25, -0.2) is 0 Å². The first-order valence-corrected chi connectivity index (χ1v) is 16.4. The Balaban J connectivity index is 1.23. The van der Waals surface area contributed by atoms with Crippen LogP contribution in [0.5, 0.6) is 0 Å². The maximum atomic E-state index is 2.44. The number of rotatable bonds is 4. The molecule has 1 heterocycles. The molecule has 0 radical (unpaired) electrons. The Morgan fingerprint density at radius 2 is 1.16 bits per heavy atom. The zero-order valence-electron chi connectivity index (χ0n) is 25.3. The second-order valence-electron chi connectivity index (χ2n) is 12.6. The van der Waals surface area contributed by atoms with Crippen molar-refractivity contribution in [2.24, 2.45) is 0 Å². The average molecular weight is 594 g/mol. The van der Waals surface area contributed by atoms with Crippen LogP contribution >= 0.6 is 11.3 Å². The molecule has 45 heavy (non-hydrogen) atoms. The summed E-state index contributed by atoms with van der Waals surface area (Å²) in [5, 5.41) is 5.20. The molecular weight excluding hydrogens is 563 g/mol. The van der Waals surface area contributed by atoms with Crippen molar-refractivity contribution < 1.29 is 0 Å². The quantitative estimate of drug-likeness (QED) is 0.196. The molecule has 0 N–H and O–H groups in total. The molecule has 0 spiro atoms. The third kappa shape index (κ3) is 4.06. The smallest absolute Gasteiger partial charge is 0.0468 e. The van der Waals surface area contributed by atoms with Gasteiger partial charge in [0.1, 0.15) is 0 Å². The monoisotopic (exact) mass is 593 g/mol. The summed E-state index contributed by atoms with van der Waals surface area (Å²) in [6.45, 7) is 4.77. The highest BCUT2D eigenvalue weighted by Gasteiger charge is 2.37. The van der Waals surface area contributed by atoms with E-state index in [1.807, 2.05) is 11.3 Å². The van der Waals surface area contributed by atoms with Crippen LogP contribution < -0.4 is 4.90 Å². The SMILES string of the molecule is CC1(C)c2cc(N(c3ccc(-c4ccccc4)cc3)c3ccc4ccccc4c3)ccc2-c2c1ccc1c2sc2ccccc21. The predicted octanol–water partition coefficient (Wildman–Crippen LogP) is 12.7. The summed E-state index contributed by atoms with van der Waals surface area (Å²) < 4.78 is 2.75. The highest BCUT2D eigenvalue weighted by Crippen LogP contribution is 2.55. The van der Waals surface area contributed by atoms with E-state index < -0.39 is 0 Å². The molecule has 1 aliphatic rings. The molecule has 1 nitrogen and oxygen atoms in total. The fourth-order valence-corrected chi connectivity index (χ4v) is 8.59. The highest BCUT2D eigenvalue weighted by molar-refractivity contribution is 7.26. The summed E-state index contributed by atoms with van der Waals surface area (Å²) in [7, 11) is 0. The van der Waals surface area contributed by atoms with E-state index in [4.69, 9.17) is 0 Å². The molecule has 8 aromatic rings. The molecule has 0 amide bonds. The molecule has 2 heteroatoms. The van der Waals surface area contributed by atoms with Gasteiger partial charge < -0.3 is 4.90 Å². The molecule has 0 fully saturated rings. The summed E-state index contributed by atoms with van der Waals surface area (Å²) >= 11 is 1.93. The van der Waals surface area contributed by atoms with Crippen LogP contribution in [0, 0.1) is 0 Å². The summed E-state index contributed by atoms with van der Waals surface area (Å²) in [5.41, 5.74) is 11.4. The van der Waals surface area contributed by atoms with Crippen molar-refractivity contribution in [3.05, 3.63) is 163 Å². The average Bonchev–Trinajstić information content (AvgIpc) is 3.58. The van der Waals surface area contributed by atoms with Gasteiger partial charge in [0.2, 0.25) is 0 Å². The fourth-order valence-electron chi connectivity index (χ4n) is 7.33. The zero-order chi connectivity index (χ0) is 30.1. The third-order valence-electron chi connectivity index (χ3n) is 9.65. The van der Waals surface area contributed by atoms with E-state index in [1.54, 1.807) is 0 Å². The van der Waals surface area contributed by atoms with E-state index in [9.17, 15) is 0 Å². The van der Waals surface area contributed by atoms with Crippen molar-refractivity contribution in [2.45, 2.75) is 19.3 Å². The molecule has 0 unspecified atom stereocenters. The van der Waals surface area contributed by atoms with Gasteiger partial charge >= 0.3 is 0 Å². The highest BCUT2D eigenvalue weighted by atomic mass is 32.1. The lowest BCUT2D eigenvalue weighted by molar-refractivity contribution is 0.661. The normalized spacial score (nSPS) is 13.3. The standard InChI is InChI=1S/C43H31NS/c1-43(2)38-25-24-36-35-14-8-9-15-40(35)45-42(36)41(38)37-23-22-34(27-39(37)43)44(33-21-18-29-12-6-7-13-31(29)26-33)32-19-16-30(17-20-32)28-10-4-3-5-11-28/h3-27H,1-2H3. The number of benzene rings is 7. The molecule has 0 saturated heterocycles. The predicted molar refractivity (Wildman–Crippen MR) is 195 cm³/mol. The molecular formula is C43H31NS. The number of anilines is 3. The lowest BCUT2D eigenvalue weighted by Crippen LogP contribution is -2.16. The zero-order valence-corrected chi connectivity index (χ0v) is 26.1. The van der Waals surface area contributed by atoms with Gasteiger partial charge in [-0.1, -0.05) is 123 Å². The molecule has 0 saturated carbocycles. The first-order chi connectivity index (χ1) is 22.1. The topological polar surface area (TPSA) is 3.24 Å². The van der Waals surface area contributed by atoms with Crippen LogP contribution in [0.1, 0.15) is 25.0 Å². The van der Waals surface area contributed by atoms with E-state index in [1.165, 1.54) is 70.0 Å². The minimum atomic E-state index is -0.114. The number of hydrogen-bond donors (Lipinski definition) is 0. The number of nitrogens with zero attached hydrogens (tertiary/aromatic N) is 1. The van der Waals surface area contributed by atoms with Crippen molar-refractivity contribution >= 4 is 59.3 Å². The van der Waals surface area contributed by atoms with E-state index in [-0.39, 0.29) is 5.41 Å². The minimum absolute atomic E-state index is 0.114. The molecule has 214 valence electrons. The van der Waals surface area contributed by atoms with Crippen molar-refractivity contribution in [2.75, 3.05) is 4.90 Å². The molecule has 7 aromatic carbocycles. The van der Waals surface area contributed by atoms with Gasteiger partial charge in [-0.05, 0) is 81.1 Å². The summed E-state index contributed by atoms with van der Waals surface area (Å²) in [6.07, 6.45) is 0. The van der Waals surface area contributed by atoms with Crippen LogP contribution in [0.4, 0.5) is 17.1 Å². The van der Waals surface area contributed by atoms with Gasteiger partial charge in [0, 0.05) is 48.2 Å². The maximum absolute atomic E-state index is 2.44. The second kappa shape index (κ2) is 9.92. The lowest BCUT2D eigenvalue weighted by atomic mass is 9.82. The number of fused-ring (bicyclic) bond motifs is 8. The first kappa shape index (κ1) is 26.2. The van der Waals surface area contributed by atoms with E-state index in [2.05, 4.69) is 170 Å². The summed E-state index contributed by atoms with van der Waals surface area (Å²) in [4.78, 5) is 2.41. The Morgan fingerprint density at radius 1 is 0.489 bits per heavy atom. The van der Waals surface area contributed by atoms with Crippen LogP contribution in [0.15, 0.2) is 152 Å². The maximum Gasteiger partial charge on any atom is 0.0468 e. The van der Waals surface area contributed by atoms with E-state index >= 15 is 0 Å². The molecule has 1 aromatic heterocycles. The fraction of sp³-hybridized carbons (Fsp3) is 0.0698. The summed E-state index contributed by atoms with van der Waals surface area (Å²) in [6, 6.07) is 55.7. The van der Waals surface area contributed by atoms with Crippen molar-refractivity contribution in [1.29, 1.82) is 0 Å². The first-order valence-electron chi connectivity index (χ1n) is 15.6. The molecule has 0 bridgehead atoms. The Hall–Kier alpha value is -5.18. The lowest BCUT2D eigenvalue weighted by Gasteiger charge is -2.28. The third-order valence-corrected chi connectivity index (χ3v) is 10.9. The van der Waals surface area contributed by atoms with Crippen molar-refractivity contribution in [3.8, 4) is 22.3 Å². The minimum Gasteiger partial charge on any atom is -0.310 e. The van der Waals surface area contributed by atoms with Crippen LogP contribution in [0.3, 0.4) is 0 Å². The van der Waals surface area contributed by atoms with Crippen LogP contribution in [0.2, 0.25) is 0 Å². The van der Waals surface area contributed by atoms with Gasteiger partial charge in [0.15, 0.2) is 0 Å². The Bertz CT molecular complexity index is 2400. The van der Waals surface area contributed by atoms with Gasteiger partial charge in [-0.2, -0.15) is 0 Å². The van der Waals surface area contributed by atoms with E-state index in [0.29, 0.717) is 0 Å². The second-order valence-corrected chi connectivity index (χ2v) is 13.6. The largest absolute Gasteiger partial charge is 0.310 e. The summed E-state index contributed by atoms with van der Waals surface area (Å²) in [5.74, 6) is 0. The Labute approximate surface area is 267 Å². The Morgan fingerprint density at radius 3 is 2.00 bits per heavy atom. The van der Waals surface area contributed by atoms with E-state index in [0.717, 1.165) is 11.4 Å². The van der Waals surface area contributed by atoms with Gasteiger partial charge in [-0.3, -0.25) is 0 Å². The number of hydrogen-bond acceptors (Lipinski definition) is 2. The molecule has 9 rings (SSSR count). The van der Waals surface area contributed by atoms with Crippen LogP contribution in [-0.4, -0.2) is 0 Å². The van der Waals surface area contributed by atoms with Crippen LogP contribution in [-0.2, 0) is 5.41 Å². The molecule has 0 aliphatic heterocycles.